The Hall–Kier alpha value is -2.28. The van der Waals surface area contributed by atoms with Gasteiger partial charge in [0.15, 0.2) is 0 Å². The van der Waals surface area contributed by atoms with E-state index < -0.39 is 0 Å². The van der Waals surface area contributed by atoms with Crippen molar-refractivity contribution >= 4 is 23.3 Å². The van der Waals surface area contributed by atoms with Gasteiger partial charge in [0.25, 0.3) is 0 Å². The molecule has 1 aromatic carbocycles. The molecule has 0 unspecified atom stereocenters. The first-order chi connectivity index (χ1) is 9.31. The number of rotatable bonds is 3. The number of nitrogens with one attached hydrogen (secondary N) is 2. The fourth-order valence-corrected chi connectivity index (χ4v) is 2.04. The standard InChI is InChI=1S/C12H16N6O/c13-11-15-12(17-16-11)14-9-1-3-10(4-2-9)18-5-7-19-8-6-18/h1-4H,5-8H2,(H4,13,14,15,16,17). The van der Waals surface area contributed by atoms with Crippen LogP contribution in [0.4, 0.5) is 23.3 Å². The van der Waals surface area contributed by atoms with Gasteiger partial charge in [-0.05, 0) is 24.3 Å². The first-order valence-electron chi connectivity index (χ1n) is 6.19. The monoisotopic (exact) mass is 260 g/mol. The second kappa shape index (κ2) is 5.15. The van der Waals surface area contributed by atoms with Crippen molar-refractivity contribution in [1.82, 2.24) is 15.2 Å². The summed E-state index contributed by atoms with van der Waals surface area (Å²) in [6.45, 7) is 3.45. The highest BCUT2D eigenvalue weighted by molar-refractivity contribution is 5.59. The Morgan fingerprint density at radius 3 is 2.58 bits per heavy atom. The average molecular weight is 260 g/mol. The smallest absolute Gasteiger partial charge is 0.248 e. The van der Waals surface area contributed by atoms with Crippen molar-refractivity contribution in [3.8, 4) is 0 Å². The van der Waals surface area contributed by atoms with Gasteiger partial charge in [-0.2, -0.15) is 4.98 Å². The summed E-state index contributed by atoms with van der Waals surface area (Å²) in [5, 5.41) is 9.59. The van der Waals surface area contributed by atoms with Crippen LogP contribution in [0.1, 0.15) is 0 Å². The molecule has 2 aromatic rings. The molecule has 0 saturated carbocycles. The van der Waals surface area contributed by atoms with E-state index in [0.29, 0.717) is 11.9 Å². The maximum absolute atomic E-state index is 5.47. The predicted molar refractivity (Wildman–Crippen MR) is 73.6 cm³/mol. The van der Waals surface area contributed by atoms with E-state index >= 15 is 0 Å². The number of hydrogen-bond acceptors (Lipinski definition) is 6. The van der Waals surface area contributed by atoms with Gasteiger partial charge in [-0.1, -0.05) is 0 Å². The highest BCUT2D eigenvalue weighted by atomic mass is 16.5. The number of anilines is 4. The van der Waals surface area contributed by atoms with Gasteiger partial charge in [0.2, 0.25) is 11.9 Å². The fourth-order valence-electron chi connectivity index (χ4n) is 2.04. The molecule has 0 bridgehead atoms. The average Bonchev–Trinajstić information content (AvgIpc) is 2.86. The Balaban J connectivity index is 1.68. The summed E-state index contributed by atoms with van der Waals surface area (Å²) in [6.07, 6.45) is 0. The molecule has 4 N–H and O–H groups in total. The summed E-state index contributed by atoms with van der Waals surface area (Å²) in [6, 6.07) is 8.14. The number of nitrogen functional groups attached to an aromatic ring is 1. The van der Waals surface area contributed by atoms with Gasteiger partial charge in [0, 0.05) is 24.5 Å². The maximum Gasteiger partial charge on any atom is 0.248 e. The third-order valence-electron chi connectivity index (χ3n) is 3.00. The second-order valence-corrected chi connectivity index (χ2v) is 4.32. The Bertz CT molecular complexity index is 531. The largest absolute Gasteiger partial charge is 0.378 e. The zero-order chi connectivity index (χ0) is 13.1. The number of ether oxygens (including phenoxy) is 1. The number of nitrogens with two attached hydrogens (primary N) is 1. The Labute approximate surface area is 110 Å². The molecule has 3 rings (SSSR count). The molecule has 100 valence electrons. The van der Waals surface area contributed by atoms with Crippen LogP contribution < -0.4 is 16.0 Å². The second-order valence-electron chi connectivity index (χ2n) is 4.32. The predicted octanol–water partition coefficient (Wildman–Crippen LogP) is 0.967. The SMILES string of the molecule is Nc1nc(Nc2ccc(N3CCOCC3)cc2)n[nH]1. The lowest BCUT2D eigenvalue weighted by molar-refractivity contribution is 0.122. The van der Waals surface area contributed by atoms with Gasteiger partial charge in [-0.3, -0.25) is 0 Å². The van der Waals surface area contributed by atoms with Gasteiger partial charge in [-0.15, -0.1) is 5.10 Å². The number of morpholine rings is 1. The number of aromatic amines is 1. The number of H-pyrrole nitrogens is 1. The van der Waals surface area contributed by atoms with Crippen LogP contribution in [0.5, 0.6) is 0 Å². The molecule has 1 saturated heterocycles. The first kappa shape index (κ1) is 11.8. The molecule has 0 atom stereocenters. The normalized spacial score (nSPS) is 15.5. The van der Waals surface area contributed by atoms with Gasteiger partial charge in [0.1, 0.15) is 0 Å². The van der Waals surface area contributed by atoms with E-state index in [1.165, 1.54) is 5.69 Å². The van der Waals surface area contributed by atoms with Crippen LogP contribution in [0.3, 0.4) is 0 Å². The number of nitrogens with zero attached hydrogens (tertiary/aromatic N) is 3. The molecule has 0 spiro atoms. The minimum Gasteiger partial charge on any atom is -0.378 e. The lowest BCUT2D eigenvalue weighted by atomic mass is 10.2. The summed E-state index contributed by atoms with van der Waals surface area (Å²) in [4.78, 5) is 6.29. The molecule has 1 aromatic heterocycles. The van der Waals surface area contributed by atoms with Crippen LogP contribution in [0.25, 0.3) is 0 Å². The quantitative estimate of drug-likeness (QED) is 0.761. The summed E-state index contributed by atoms with van der Waals surface area (Å²) in [7, 11) is 0. The lowest BCUT2D eigenvalue weighted by Crippen LogP contribution is -2.36. The van der Waals surface area contributed by atoms with Crippen LogP contribution >= 0.6 is 0 Å². The van der Waals surface area contributed by atoms with Crippen LogP contribution in [-0.2, 0) is 4.74 Å². The highest BCUT2D eigenvalue weighted by Gasteiger charge is 2.10. The molecular weight excluding hydrogens is 244 g/mol. The van der Waals surface area contributed by atoms with Crippen molar-refractivity contribution in [1.29, 1.82) is 0 Å². The molecule has 0 radical (unpaired) electrons. The van der Waals surface area contributed by atoms with Crippen molar-refractivity contribution in [3.05, 3.63) is 24.3 Å². The van der Waals surface area contributed by atoms with Crippen molar-refractivity contribution in [3.63, 3.8) is 0 Å². The van der Waals surface area contributed by atoms with Gasteiger partial charge in [0.05, 0.1) is 13.2 Å². The van der Waals surface area contributed by atoms with Crippen molar-refractivity contribution in [2.24, 2.45) is 0 Å². The Kier molecular flexibility index (Phi) is 3.20. The van der Waals surface area contributed by atoms with E-state index in [9.17, 15) is 0 Å². The number of hydrogen-bond donors (Lipinski definition) is 3. The van der Waals surface area contributed by atoms with E-state index in [1.54, 1.807) is 0 Å². The van der Waals surface area contributed by atoms with E-state index in [1.807, 2.05) is 12.1 Å². The number of benzene rings is 1. The van der Waals surface area contributed by atoms with Gasteiger partial charge < -0.3 is 20.7 Å². The molecule has 7 heteroatoms. The minimum absolute atomic E-state index is 0.299. The third-order valence-corrected chi connectivity index (χ3v) is 3.00. The first-order valence-corrected chi connectivity index (χ1v) is 6.19. The van der Waals surface area contributed by atoms with E-state index in [4.69, 9.17) is 10.5 Å². The van der Waals surface area contributed by atoms with E-state index in [2.05, 4.69) is 37.5 Å². The molecule has 1 fully saturated rings. The molecule has 1 aliphatic heterocycles. The molecule has 19 heavy (non-hydrogen) atoms. The summed E-state index contributed by atoms with van der Waals surface area (Å²) in [5.41, 5.74) is 7.59. The summed E-state index contributed by atoms with van der Waals surface area (Å²) in [5.74, 6) is 0.768. The number of aromatic nitrogens is 3. The van der Waals surface area contributed by atoms with Crippen LogP contribution in [-0.4, -0.2) is 41.5 Å². The highest BCUT2D eigenvalue weighted by Crippen LogP contribution is 2.20. The van der Waals surface area contributed by atoms with E-state index in [0.717, 1.165) is 32.0 Å². The summed E-state index contributed by atoms with van der Waals surface area (Å²) >= 11 is 0. The summed E-state index contributed by atoms with van der Waals surface area (Å²) < 4.78 is 5.34. The lowest BCUT2D eigenvalue weighted by Gasteiger charge is -2.28. The molecule has 0 aliphatic carbocycles. The Morgan fingerprint density at radius 1 is 1.21 bits per heavy atom. The molecule has 1 aliphatic rings. The van der Waals surface area contributed by atoms with Crippen LogP contribution in [0.15, 0.2) is 24.3 Å². The molecule has 0 amide bonds. The van der Waals surface area contributed by atoms with E-state index in [-0.39, 0.29) is 0 Å². The Morgan fingerprint density at radius 2 is 1.95 bits per heavy atom. The van der Waals surface area contributed by atoms with Crippen molar-refractivity contribution in [2.45, 2.75) is 0 Å². The molecule has 2 heterocycles. The minimum atomic E-state index is 0.299. The molecule has 7 nitrogen and oxygen atoms in total. The van der Waals surface area contributed by atoms with Crippen LogP contribution in [0.2, 0.25) is 0 Å². The zero-order valence-corrected chi connectivity index (χ0v) is 10.5. The van der Waals surface area contributed by atoms with Crippen molar-refractivity contribution in [2.75, 3.05) is 42.3 Å². The third kappa shape index (κ3) is 2.76. The van der Waals surface area contributed by atoms with Crippen molar-refractivity contribution < 1.29 is 4.74 Å². The maximum atomic E-state index is 5.47. The topological polar surface area (TPSA) is 92.1 Å². The van der Waals surface area contributed by atoms with Gasteiger partial charge >= 0.3 is 0 Å². The van der Waals surface area contributed by atoms with Crippen LogP contribution in [0, 0.1) is 0 Å². The molecular formula is C12H16N6O. The zero-order valence-electron chi connectivity index (χ0n) is 10.5. The van der Waals surface area contributed by atoms with Gasteiger partial charge in [-0.25, -0.2) is 5.10 Å². The fraction of sp³-hybridized carbons (Fsp3) is 0.333.